The second-order valence-electron chi connectivity index (χ2n) is 2.20. The molecule has 60 valence electrons. The highest BCUT2D eigenvalue weighted by molar-refractivity contribution is 9.10. The zero-order valence-corrected chi connectivity index (χ0v) is 9.09. The Morgan fingerprint density at radius 1 is 1.36 bits per heavy atom. The molecule has 1 aromatic carbocycles. The van der Waals surface area contributed by atoms with Gasteiger partial charge in [-0.25, -0.2) is 0 Å². The Labute approximate surface area is 84.6 Å². The largest absolute Gasteiger partial charge is 0.0842 e. The Hall–Kier alpha value is 0.280. The highest BCUT2D eigenvalue weighted by Gasteiger charge is 2.03. The molecule has 0 unspecified atom stereocenters. The number of benzene rings is 1. The maximum atomic E-state index is 5.92. The maximum Gasteiger partial charge on any atom is 0.0463 e. The van der Waals surface area contributed by atoms with Crippen LogP contribution in [0, 0.1) is 0 Å². The molecule has 0 nitrogen and oxygen atoms in total. The number of halogens is 3. The Morgan fingerprint density at radius 2 is 2.00 bits per heavy atom. The lowest BCUT2D eigenvalue weighted by Gasteiger charge is -2.03. The van der Waals surface area contributed by atoms with E-state index in [-0.39, 0.29) is 0 Å². The zero-order valence-electron chi connectivity index (χ0n) is 6.00. The molecule has 11 heavy (non-hydrogen) atoms. The summed E-state index contributed by atoms with van der Waals surface area (Å²) in [6.07, 6.45) is 0.913. The molecule has 0 saturated carbocycles. The number of hydrogen-bond donors (Lipinski definition) is 0. The lowest BCUT2D eigenvalue weighted by atomic mass is 10.2. The molecule has 0 aliphatic rings. The summed E-state index contributed by atoms with van der Waals surface area (Å²) >= 11 is 15.1. The second kappa shape index (κ2) is 3.79. The van der Waals surface area contributed by atoms with E-state index in [4.69, 9.17) is 23.2 Å². The van der Waals surface area contributed by atoms with E-state index in [1.807, 2.05) is 6.07 Å². The van der Waals surface area contributed by atoms with Crippen LogP contribution in [0.1, 0.15) is 12.5 Å². The fraction of sp³-hybridized carbons (Fsp3) is 0.250. The minimum atomic E-state index is 0.666. The first-order valence-electron chi connectivity index (χ1n) is 3.28. The molecular weight excluding hydrogens is 247 g/mol. The third-order valence-corrected chi connectivity index (χ3v) is 2.72. The number of hydrogen-bond acceptors (Lipinski definition) is 0. The predicted molar refractivity (Wildman–Crippen MR) is 53.5 cm³/mol. The van der Waals surface area contributed by atoms with E-state index >= 15 is 0 Å². The SMILES string of the molecule is CCc1c(Cl)cc(Cl)cc1Br. The molecule has 0 heterocycles. The van der Waals surface area contributed by atoms with Gasteiger partial charge in [-0.3, -0.25) is 0 Å². The molecule has 0 saturated heterocycles. The molecular formula is C8H7BrCl2. The van der Waals surface area contributed by atoms with Crippen LogP contribution in [-0.2, 0) is 6.42 Å². The highest BCUT2D eigenvalue weighted by atomic mass is 79.9. The maximum absolute atomic E-state index is 5.92. The van der Waals surface area contributed by atoms with E-state index in [1.54, 1.807) is 6.07 Å². The first-order valence-corrected chi connectivity index (χ1v) is 4.83. The molecule has 0 aromatic heterocycles. The van der Waals surface area contributed by atoms with E-state index in [9.17, 15) is 0 Å². The highest BCUT2D eigenvalue weighted by Crippen LogP contribution is 2.29. The van der Waals surface area contributed by atoms with Crippen molar-refractivity contribution >= 4 is 39.1 Å². The lowest BCUT2D eigenvalue weighted by Crippen LogP contribution is -1.84. The van der Waals surface area contributed by atoms with Crippen LogP contribution in [0.4, 0.5) is 0 Å². The summed E-state index contributed by atoms with van der Waals surface area (Å²) in [6, 6.07) is 3.61. The molecule has 1 aromatic rings. The fourth-order valence-electron chi connectivity index (χ4n) is 0.910. The molecule has 1 rings (SSSR count). The molecule has 0 aliphatic heterocycles. The first kappa shape index (κ1) is 9.37. The van der Waals surface area contributed by atoms with Crippen molar-refractivity contribution in [1.82, 2.24) is 0 Å². The van der Waals surface area contributed by atoms with Crippen molar-refractivity contribution in [3.05, 3.63) is 32.2 Å². The predicted octanol–water partition coefficient (Wildman–Crippen LogP) is 4.32. The third kappa shape index (κ3) is 2.11. The summed E-state index contributed by atoms with van der Waals surface area (Å²) in [6.45, 7) is 2.06. The Bertz CT molecular complexity index is 248. The van der Waals surface area contributed by atoms with Gasteiger partial charge in [0, 0.05) is 14.5 Å². The minimum Gasteiger partial charge on any atom is -0.0842 e. The van der Waals surface area contributed by atoms with Gasteiger partial charge in [-0.2, -0.15) is 0 Å². The lowest BCUT2D eigenvalue weighted by molar-refractivity contribution is 1.13. The zero-order chi connectivity index (χ0) is 8.43. The summed E-state index contributed by atoms with van der Waals surface area (Å²) in [5, 5.41) is 1.39. The third-order valence-electron chi connectivity index (χ3n) is 1.46. The van der Waals surface area contributed by atoms with Crippen molar-refractivity contribution in [3.8, 4) is 0 Å². The summed E-state index contributed by atoms with van der Waals surface area (Å²) in [5.74, 6) is 0. The van der Waals surface area contributed by atoms with Crippen molar-refractivity contribution in [2.75, 3.05) is 0 Å². The van der Waals surface area contributed by atoms with Crippen LogP contribution in [0.15, 0.2) is 16.6 Å². The topological polar surface area (TPSA) is 0 Å². The minimum absolute atomic E-state index is 0.666. The van der Waals surface area contributed by atoms with Gasteiger partial charge in [0.15, 0.2) is 0 Å². The van der Waals surface area contributed by atoms with Gasteiger partial charge < -0.3 is 0 Å². The van der Waals surface area contributed by atoms with Crippen LogP contribution in [0.25, 0.3) is 0 Å². The van der Waals surface area contributed by atoms with Crippen molar-refractivity contribution in [2.45, 2.75) is 13.3 Å². The molecule has 0 spiro atoms. The molecule has 0 bridgehead atoms. The van der Waals surface area contributed by atoms with Crippen LogP contribution < -0.4 is 0 Å². The summed E-state index contributed by atoms with van der Waals surface area (Å²) in [7, 11) is 0. The summed E-state index contributed by atoms with van der Waals surface area (Å²) in [4.78, 5) is 0. The Balaban J connectivity index is 3.25. The van der Waals surface area contributed by atoms with Gasteiger partial charge in [0.2, 0.25) is 0 Å². The Morgan fingerprint density at radius 3 is 2.45 bits per heavy atom. The molecule has 0 N–H and O–H groups in total. The van der Waals surface area contributed by atoms with E-state index in [1.165, 1.54) is 0 Å². The quantitative estimate of drug-likeness (QED) is 0.700. The molecule has 0 fully saturated rings. The van der Waals surface area contributed by atoms with Gasteiger partial charge in [0.1, 0.15) is 0 Å². The average Bonchev–Trinajstić information content (AvgIpc) is 1.85. The van der Waals surface area contributed by atoms with Gasteiger partial charge in [0.05, 0.1) is 0 Å². The summed E-state index contributed by atoms with van der Waals surface area (Å²) in [5.41, 5.74) is 1.11. The standard InChI is InChI=1S/C8H7BrCl2/c1-2-6-7(9)3-5(10)4-8(6)11/h3-4H,2H2,1H3. The molecule has 3 heteroatoms. The fourth-order valence-corrected chi connectivity index (χ4v) is 2.52. The van der Waals surface area contributed by atoms with E-state index < -0.39 is 0 Å². The van der Waals surface area contributed by atoms with Gasteiger partial charge in [-0.15, -0.1) is 0 Å². The van der Waals surface area contributed by atoms with Gasteiger partial charge in [0.25, 0.3) is 0 Å². The molecule has 0 atom stereocenters. The van der Waals surface area contributed by atoms with Gasteiger partial charge >= 0.3 is 0 Å². The Kier molecular flexibility index (Phi) is 3.23. The van der Waals surface area contributed by atoms with E-state index in [0.717, 1.165) is 21.5 Å². The van der Waals surface area contributed by atoms with Crippen molar-refractivity contribution in [3.63, 3.8) is 0 Å². The smallest absolute Gasteiger partial charge is 0.0463 e. The van der Waals surface area contributed by atoms with Crippen LogP contribution in [0.5, 0.6) is 0 Å². The van der Waals surface area contributed by atoms with Gasteiger partial charge in [-0.1, -0.05) is 46.1 Å². The molecule has 0 aliphatic carbocycles. The van der Waals surface area contributed by atoms with Crippen molar-refractivity contribution in [1.29, 1.82) is 0 Å². The van der Waals surface area contributed by atoms with Crippen LogP contribution in [0.3, 0.4) is 0 Å². The van der Waals surface area contributed by atoms with E-state index in [0.29, 0.717) is 5.02 Å². The van der Waals surface area contributed by atoms with Crippen LogP contribution in [-0.4, -0.2) is 0 Å². The van der Waals surface area contributed by atoms with E-state index in [2.05, 4.69) is 22.9 Å². The van der Waals surface area contributed by atoms with Gasteiger partial charge in [-0.05, 0) is 24.1 Å². The molecule has 0 radical (unpaired) electrons. The molecule has 0 amide bonds. The monoisotopic (exact) mass is 252 g/mol. The van der Waals surface area contributed by atoms with Crippen molar-refractivity contribution < 1.29 is 0 Å². The first-order chi connectivity index (χ1) is 5.15. The second-order valence-corrected chi connectivity index (χ2v) is 3.90. The number of rotatable bonds is 1. The average molecular weight is 254 g/mol. The van der Waals surface area contributed by atoms with Crippen LogP contribution >= 0.6 is 39.1 Å². The normalized spacial score (nSPS) is 10.2. The van der Waals surface area contributed by atoms with Crippen LogP contribution in [0.2, 0.25) is 10.0 Å². The van der Waals surface area contributed by atoms with Crippen molar-refractivity contribution in [2.24, 2.45) is 0 Å². The summed E-state index contributed by atoms with van der Waals surface area (Å²) < 4.78 is 0.984.